The van der Waals surface area contributed by atoms with Gasteiger partial charge in [-0.05, 0) is 86.0 Å². The third kappa shape index (κ3) is 4.19. The summed E-state index contributed by atoms with van der Waals surface area (Å²) in [5, 5.41) is 11.6. The molecule has 1 aliphatic heterocycles. The Morgan fingerprint density at radius 1 is 0.875 bits per heavy atom. The smallest absolute Gasteiger partial charge is 0.137 e. The monoisotopic (exact) mass is 426 g/mol. The summed E-state index contributed by atoms with van der Waals surface area (Å²) in [5.74, 6) is 1.68. The Morgan fingerprint density at radius 3 is 2.34 bits per heavy atom. The van der Waals surface area contributed by atoms with Gasteiger partial charge in [-0.1, -0.05) is 0 Å². The summed E-state index contributed by atoms with van der Waals surface area (Å²) in [6, 6.07) is 23.1. The lowest BCUT2D eigenvalue weighted by molar-refractivity contribution is 0.415. The van der Waals surface area contributed by atoms with E-state index in [4.69, 9.17) is 14.1 Å². The second kappa shape index (κ2) is 8.79. The van der Waals surface area contributed by atoms with Crippen molar-refractivity contribution in [3.8, 4) is 22.8 Å². The first-order valence-corrected chi connectivity index (χ1v) is 11.0. The first-order valence-electron chi connectivity index (χ1n) is 11.0. The molecule has 1 fully saturated rings. The molecular weight excluding hydrogens is 400 g/mol. The Bertz CT molecular complexity index is 1290. The number of phenolic OH excluding ortho intramolecular Hbond substituents is 1. The van der Waals surface area contributed by atoms with Gasteiger partial charge in [0.25, 0.3) is 0 Å². The van der Waals surface area contributed by atoms with Gasteiger partial charge in [-0.25, -0.2) is 4.99 Å². The van der Waals surface area contributed by atoms with Crippen LogP contribution in [-0.2, 0) is 0 Å². The van der Waals surface area contributed by atoms with Gasteiger partial charge in [0.1, 0.15) is 22.8 Å². The van der Waals surface area contributed by atoms with E-state index in [2.05, 4.69) is 29.2 Å². The SMILES string of the molecule is COc1ccc(-c2cc(=Nc3ccc(N4CCCCC4)cc3)c3cc(O)ccc3o2)cc1. The van der Waals surface area contributed by atoms with Crippen molar-refractivity contribution in [2.75, 3.05) is 25.1 Å². The Labute approximate surface area is 187 Å². The van der Waals surface area contributed by atoms with Crippen LogP contribution in [0.15, 0.2) is 82.2 Å². The first-order chi connectivity index (χ1) is 15.7. The molecule has 5 rings (SSSR count). The quantitative estimate of drug-likeness (QED) is 0.432. The van der Waals surface area contributed by atoms with Gasteiger partial charge in [0, 0.05) is 35.8 Å². The minimum atomic E-state index is 0.182. The van der Waals surface area contributed by atoms with Crippen LogP contribution in [0.4, 0.5) is 11.4 Å². The minimum absolute atomic E-state index is 0.182. The van der Waals surface area contributed by atoms with Gasteiger partial charge >= 0.3 is 0 Å². The van der Waals surface area contributed by atoms with Gasteiger partial charge < -0.3 is 19.2 Å². The molecule has 1 N–H and O–H groups in total. The van der Waals surface area contributed by atoms with Crippen LogP contribution in [-0.4, -0.2) is 25.3 Å². The molecule has 1 aliphatic rings. The topological polar surface area (TPSA) is 58.2 Å². The number of hydrogen-bond acceptors (Lipinski definition) is 5. The standard InChI is InChI=1S/C27H26N2O3/c1-31-23-12-5-19(6-13-23)27-18-25(24-17-22(30)11-14-26(24)32-27)28-20-7-9-21(10-8-20)29-15-3-2-4-16-29/h5-14,17-18,30H,2-4,15-16H2,1H3. The summed E-state index contributed by atoms with van der Waals surface area (Å²) in [4.78, 5) is 7.34. The Hall–Kier alpha value is -3.73. The van der Waals surface area contributed by atoms with Crippen LogP contribution in [0.1, 0.15) is 19.3 Å². The maximum Gasteiger partial charge on any atom is 0.137 e. The number of anilines is 1. The van der Waals surface area contributed by atoms with Crippen molar-refractivity contribution in [2.45, 2.75) is 19.3 Å². The molecule has 5 nitrogen and oxygen atoms in total. The van der Waals surface area contributed by atoms with Crippen molar-refractivity contribution >= 4 is 22.3 Å². The van der Waals surface area contributed by atoms with Crippen LogP contribution in [0.5, 0.6) is 11.5 Å². The molecule has 0 radical (unpaired) electrons. The highest BCUT2D eigenvalue weighted by Gasteiger charge is 2.11. The van der Waals surface area contributed by atoms with E-state index in [0.29, 0.717) is 11.3 Å². The van der Waals surface area contributed by atoms with E-state index in [9.17, 15) is 5.11 Å². The fourth-order valence-electron chi connectivity index (χ4n) is 4.18. The van der Waals surface area contributed by atoms with Crippen LogP contribution < -0.4 is 15.0 Å². The first kappa shape index (κ1) is 20.2. The molecule has 0 saturated carbocycles. The van der Waals surface area contributed by atoms with Crippen molar-refractivity contribution < 1.29 is 14.3 Å². The van der Waals surface area contributed by atoms with Gasteiger partial charge in [-0.2, -0.15) is 0 Å². The number of nitrogens with zero attached hydrogens (tertiary/aromatic N) is 2. The number of hydrogen-bond donors (Lipinski definition) is 1. The lowest BCUT2D eigenvalue weighted by Gasteiger charge is -2.28. The maximum absolute atomic E-state index is 10.0. The molecule has 0 unspecified atom stereocenters. The predicted molar refractivity (Wildman–Crippen MR) is 128 cm³/mol. The van der Waals surface area contributed by atoms with Crippen molar-refractivity contribution in [3.63, 3.8) is 0 Å². The van der Waals surface area contributed by atoms with Crippen molar-refractivity contribution in [3.05, 3.63) is 78.2 Å². The average molecular weight is 427 g/mol. The molecule has 4 aromatic rings. The second-order valence-electron chi connectivity index (χ2n) is 8.08. The van der Waals surface area contributed by atoms with E-state index in [0.717, 1.165) is 40.8 Å². The van der Waals surface area contributed by atoms with E-state index in [1.165, 1.54) is 24.9 Å². The summed E-state index contributed by atoms with van der Waals surface area (Å²) in [7, 11) is 1.65. The van der Waals surface area contributed by atoms with Crippen LogP contribution >= 0.6 is 0 Å². The molecule has 5 heteroatoms. The van der Waals surface area contributed by atoms with Crippen molar-refractivity contribution in [1.29, 1.82) is 0 Å². The summed E-state index contributed by atoms with van der Waals surface area (Å²) in [6.07, 6.45) is 3.83. The number of phenols is 1. The molecule has 0 aliphatic carbocycles. The average Bonchev–Trinajstić information content (AvgIpc) is 2.85. The van der Waals surface area contributed by atoms with E-state index in [1.807, 2.05) is 30.3 Å². The highest BCUT2D eigenvalue weighted by molar-refractivity contribution is 5.80. The third-order valence-corrected chi connectivity index (χ3v) is 5.92. The van der Waals surface area contributed by atoms with Crippen molar-refractivity contribution in [2.24, 2.45) is 4.99 Å². The van der Waals surface area contributed by atoms with E-state index in [1.54, 1.807) is 25.3 Å². The normalized spacial score (nSPS) is 14.7. The molecule has 3 aromatic carbocycles. The highest BCUT2D eigenvalue weighted by atomic mass is 16.5. The van der Waals surface area contributed by atoms with Gasteiger partial charge in [0.2, 0.25) is 0 Å². The third-order valence-electron chi connectivity index (χ3n) is 5.92. The lowest BCUT2D eigenvalue weighted by atomic mass is 10.1. The van der Waals surface area contributed by atoms with Crippen molar-refractivity contribution in [1.82, 2.24) is 0 Å². The zero-order chi connectivity index (χ0) is 21.9. The van der Waals surface area contributed by atoms with Gasteiger partial charge in [-0.3, -0.25) is 0 Å². The zero-order valence-electron chi connectivity index (χ0n) is 18.1. The minimum Gasteiger partial charge on any atom is -0.508 e. The Balaban J connectivity index is 1.58. The molecule has 32 heavy (non-hydrogen) atoms. The molecule has 0 atom stereocenters. The molecule has 0 bridgehead atoms. The molecule has 0 amide bonds. The fraction of sp³-hybridized carbons (Fsp3) is 0.222. The molecule has 0 spiro atoms. The van der Waals surface area contributed by atoms with Gasteiger partial charge in [-0.15, -0.1) is 0 Å². The Morgan fingerprint density at radius 2 is 1.62 bits per heavy atom. The van der Waals surface area contributed by atoms with Gasteiger partial charge in [0.05, 0.1) is 18.2 Å². The summed E-state index contributed by atoms with van der Waals surface area (Å²) in [6.45, 7) is 2.23. The molecule has 162 valence electrons. The van der Waals surface area contributed by atoms with E-state index >= 15 is 0 Å². The second-order valence-corrected chi connectivity index (χ2v) is 8.08. The van der Waals surface area contributed by atoms with Gasteiger partial charge in [0.15, 0.2) is 0 Å². The van der Waals surface area contributed by atoms with Crippen LogP contribution in [0.2, 0.25) is 0 Å². The van der Waals surface area contributed by atoms with Crippen LogP contribution in [0.25, 0.3) is 22.3 Å². The molecule has 2 heterocycles. The summed E-state index contributed by atoms with van der Waals surface area (Å²) < 4.78 is 11.4. The number of benzene rings is 3. The molecule has 1 saturated heterocycles. The largest absolute Gasteiger partial charge is 0.508 e. The van der Waals surface area contributed by atoms with E-state index < -0.39 is 0 Å². The fourth-order valence-corrected chi connectivity index (χ4v) is 4.18. The number of fused-ring (bicyclic) bond motifs is 1. The number of ether oxygens (including phenoxy) is 1. The summed E-state index contributed by atoms with van der Waals surface area (Å²) in [5.41, 5.74) is 3.70. The molecular formula is C27H26N2O3. The van der Waals surface area contributed by atoms with Crippen LogP contribution in [0, 0.1) is 0 Å². The Kier molecular flexibility index (Phi) is 5.55. The zero-order valence-corrected chi connectivity index (χ0v) is 18.1. The van der Waals surface area contributed by atoms with E-state index in [-0.39, 0.29) is 5.75 Å². The number of piperidine rings is 1. The number of aromatic hydroxyl groups is 1. The lowest BCUT2D eigenvalue weighted by Crippen LogP contribution is -2.29. The summed E-state index contributed by atoms with van der Waals surface area (Å²) >= 11 is 0. The number of methoxy groups -OCH3 is 1. The predicted octanol–water partition coefficient (Wildman–Crippen LogP) is 6.04. The van der Waals surface area contributed by atoms with Crippen LogP contribution in [0.3, 0.4) is 0 Å². The number of rotatable bonds is 4. The highest BCUT2D eigenvalue weighted by Crippen LogP contribution is 2.27. The molecule has 1 aromatic heterocycles. The maximum atomic E-state index is 10.0.